The first-order chi connectivity index (χ1) is 12.1. The number of aryl methyl sites for hydroxylation is 1. The zero-order valence-corrected chi connectivity index (χ0v) is 16.2. The third-order valence-electron chi connectivity index (χ3n) is 5.37. The van der Waals surface area contributed by atoms with Crippen LogP contribution in [-0.2, 0) is 11.2 Å². The van der Waals surface area contributed by atoms with Crippen LogP contribution in [0.2, 0.25) is 0 Å². The second-order valence-corrected chi connectivity index (χ2v) is 7.46. The van der Waals surface area contributed by atoms with Crippen LogP contribution in [0.4, 0.5) is 0 Å². The Morgan fingerprint density at radius 1 is 1.12 bits per heavy atom. The quantitative estimate of drug-likeness (QED) is 0.747. The Balaban J connectivity index is 1.61. The lowest BCUT2D eigenvalue weighted by atomic mass is 9.98. The molecule has 0 unspecified atom stereocenters. The lowest BCUT2D eigenvalue weighted by Crippen LogP contribution is -2.52. The molecule has 1 fully saturated rings. The van der Waals surface area contributed by atoms with Gasteiger partial charge < -0.3 is 10.2 Å². The van der Waals surface area contributed by atoms with Crippen molar-refractivity contribution in [3.05, 3.63) is 35.9 Å². The van der Waals surface area contributed by atoms with E-state index >= 15 is 0 Å². The molecule has 1 aliphatic heterocycles. The minimum absolute atomic E-state index is 0.194. The Morgan fingerprint density at radius 3 is 2.44 bits per heavy atom. The summed E-state index contributed by atoms with van der Waals surface area (Å²) >= 11 is 0. The summed E-state index contributed by atoms with van der Waals surface area (Å²) < 4.78 is 0. The molecule has 1 saturated heterocycles. The normalized spacial score (nSPS) is 18.7. The number of benzene rings is 1. The van der Waals surface area contributed by atoms with Crippen LogP contribution in [0.3, 0.4) is 0 Å². The van der Waals surface area contributed by atoms with Gasteiger partial charge in [0.15, 0.2) is 0 Å². The van der Waals surface area contributed by atoms with Gasteiger partial charge in [0.25, 0.3) is 0 Å². The van der Waals surface area contributed by atoms with E-state index in [1.807, 2.05) is 6.07 Å². The largest absolute Gasteiger partial charge is 0.355 e. The van der Waals surface area contributed by atoms with Gasteiger partial charge in [-0.25, -0.2) is 0 Å². The Kier molecular flexibility index (Phi) is 8.42. The topological polar surface area (TPSA) is 35.6 Å². The highest BCUT2D eigenvalue weighted by molar-refractivity contribution is 5.76. The molecule has 2 rings (SSSR count). The second kappa shape index (κ2) is 10.6. The molecule has 4 nitrogen and oxygen atoms in total. The minimum atomic E-state index is 0.194. The molecule has 0 aliphatic carbocycles. The van der Waals surface area contributed by atoms with E-state index in [4.69, 9.17) is 0 Å². The third kappa shape index (κ3) is 7.17. The fourth-order valence-electron chi connectivity index (χ4n) is 3.46. The molecule has 1 aliphatic rings. The first kappa shape index (κ1) is 19.9. The molecule has 1 aromatic rings. The number of amides is 1. The van der Waals surface area contributed by atoms with Gasteiger partial charge in [-0.05, 0) is 37.8 Å². The van der Waals surface area contributed by atoms with E-state index in [2.05, 4.69) is 60.2 Å². The van der Waals surface area contributed by atoms with E-state index in [1.54, 1.807) is 0 Å². The van der Waals surface area contributed by atoms with E-state index in [0.717, 1.165) is 52.1 Å². The van der Waals surface area contributed by atoms with Crippen LogP contribution < -0.4 is 5.32 Å². The zero-order chi connectivity index (χ0) is 18.1. The summed E-state index contributed by atoms with van der Waals surface area (Å²) in [7, 11) is 0. The van der Waals surface area contributed by atoms with Crippen molar-refractivity contribution in [1.29, 1.82) is 0 Å². The molecule has 0 radical (unpaired) electrons. The van der Waals surface area contributed by atoms with Crippen molar-refractivity contribution in [3.63, 3.8) is 0 Å². The highest BCUT2D eigenvalue weighted by Crippen LogP contribution is 2.13. The molecule has 0 aromatic heterocycles. The Labute approximate surface area is 153 Å². The maximum absolute atomic E-state index is 12.2. The number of rotatable bonds is 9. The van der Waals surface area contributed by atoms with Crippen molar-refractivity contribution in [1.82, 2.24) is 15.1 Å². The molecule has 1 N–H and O–H groups in total. The molecule has 140 valence electrons. The van der Waals surface area contributed by atoms with Crippen molar-refractivity contribution < 1.29 is 4.79 Å². The molecular weight excluding hydrogens is 310 g/mol. The van der Waals surface area contributed by atoms with Gasteiger partial charge in [0.2, 0.25) is 5.91 Å². The van der Waals surface area contributed by atoms with Gasteiger partial charge in [-0.1, -0.05) is 44.2 Å². The summed E-state index contributed by atoms with van der Waals surface area (Å²) in [6, 6.07) is 10.9. The van der Waals surface area contributed by atoms with E-state index in [9.17, 15) is 4.79 Å². The molecule has 0 bridgehead atoms. The maximum Gasteiger partial charge on any atom is 0.220 e. The fourth-order valence-corrected chi connectivity index (χ4v) is 3.46. The van der Waals surface area contributed by atoms with Crippen LogP contribution in [0.15, 0.2) is 30.3 Å². The van der Waals surface area contributed by atoms with E-state index in [-0.39, 0.29) is 5.91 Å². The van der Waals surface area contributed by atoms with Crippen LogP contribution >= 0.6 is 0 Å². The van der Waals surface area contributed by atoms with Crippen molar-refractivity contribution in [2.75, 3.05) is 39.3 Å². The number of hydrogen-bond acceptors (Lipinski definition) is 3. The number of nitrogens with one attached hydrogen (secondary N) is 1. The number of carbonyl (C=O) groups excluding carboxylic acids is 1. The Hall–Kier alpha value is -1.39. The van der Waals surface area contributed by atoms with Crippen LogP contribution in [0, 0.1) is 5.92 Å². The predicted molar refractivity (Wildman–Crippen MR) is 105 cm³/mol. The van der Waals surface area contributed by atoms with Gasteiger partial charge >= 0.3 is 0 Å². The SMILES string of the molecule is CCN1CCN([C@H](C)CNC(=O)C[C@H](C)CCc2ccccc2)CC1. The van der Waals surface area contributed by atoms with E-state index in [1.165, 1.54) is 5.56 Å². The maximum atomic E-state index is 12.2. The molecule has 1 heterocycles. The van der Waals surface area contributed by atoms with Crippen LogP contribution in [0.1, 0.15) is 39.2 Å². The Morgan fingerprint density at radius 2 is 1.80 bits per heavy atom. The summed E-state index contributed by atoms with van der Waals surface area (Å²) in [6.45, 7) is 13.0. The average molecular weight is 346 g/mol. The molecule has 1 aromatic carbocycles. The van der Waals surface area contributed by atoms with Crippen molar-refractivity contribution in [2.24, 2.45) is 5.92 Å². The van der Waals surface area contributed by atoms with Crippen molar-refractivity contribution >= 4 is 5.91 Å². The van der Waals surface area contributed by atoms with Gasteiger partial charge in [-0.3, -0.25) is 9.69 Å². The van der Waals surface area contributed by atoms with Gasteiger partial charge in [0.05, 0.1) is 0 Å². The standard InChI is InChI=1S/C21H35N3O/c1-4-23-12-14-24(15-13-23)19(3)17-22-21(25)16-18(2)10-11-20-8-6-5-7-9-20/h5-9,18-19H,4,10-17H2,1-3H3,(H,22,25)/t18-,19-/m1/s1. The second-order valence-electron chi connectivity index (χ2n) is 7.46. The van der Waals surface area contributed by atoms with E-state index < -0.39 is 0 Å². The lowest BCUT2D eigenvalue weighted by Gasteiger charge is -2.37. The molecule has 0 spiro atoms. The molecule has 0 saturated carbocycles. The van der Waals surface area contributed by atoms with Crippen molar-refractivity contribution in [3.8, 4) is 0 Å². The number of hydrogen-bond donors (Lipinski definition) is 1. The smallest absolute Gasteiger partial charge is 0.220 e. The van der Waals surface area contributed by atoms with Crippen LogP contribution in [-0.4, -0.2) is 61.0 Å². The first-order valence-corrected chi connectivity index (χ1v) is 9.85. The Bertz CT molecular complexity index is 497. The summed E-state index contributed by atoms with van der Waals surface area (Å²) in [5.41, 5.74) is 1.36. The predicted octanol–water partition coefficient (Wildman–Crippen LogP) is 2.79. The summed E-state index contributed by atoms with van der Waals surface area (Å²) in [5.74, 6) is 0.614. The average Bonchev–Trinajstić information content (AvgIpc) is 2.65. The van der Waals surface area contributed by atoms with Gasteiger partial charge in [0.1, 0.15) is 0 Å². The molecular formula is C21H35N3O. The fraction of sp³-hybridized carbons (Fsp3) is 0.667. The van der Waals surface area contributed by atoms with Gasteiger partial charge in [0, 0.05) is 45.2 Å². The molecule has 25 heavy (non-hydrogen) atoms. The summed E-state index contributed by atoms with van der Waals surface area (Å²) in [5, 5.41) is 3.14. The zero-order valence-electron chi connectivity index (χ0n) is 16.2. The first-order valence-electron chi connectivity index (χ1n) is 9.85. The molecule has 2 atom stereocenters. The number of piperazine rings is 1. The minimum Gasteiger partial charge on any atom is -0.355 e. The van der Waals surface area contributed by atoms with E-state index in [0.29, 0.717) is 18.4 Å². The number of carbonyl (C=O) groups is 1. The highest BCUT2D eigenvalue weighted by Gasteiger charge is 2.20. The monoisotopic (exact) mass is 345 g/mol. The summed E-state index contributed by atoms with van der Waals surface area (Å²) in [4.78, 5) is 17.2. The molecule has 1 amide bonds. The molecule has 4 heteroatoms. The van der Waals surface area contributed by atoms with Crippen LogP contribution in [0.5, 0.6) is 0 Å². The van der Waals surface area contributed by atoms with Crippen LogP contribution in [0.25, 0.3) is 0 Å². The number of likely N-dealkylation sites (N-methyl/N-ethyl adjacent to an activating group) is 1. The summed E-state index contributed by atoms with van der Waals surface area (Å²) in [6.07, 6.45) is 2.74. The number of nitrogens with zero attached hydrogens (tertiary/aromatic N) is 2. The van der Waals surface area contributed by atoms with Gasteiger partial charge in [-0.15, -0.1) is 0 Å². The highest BCUT2D eigenvalue weighted by atomic mass is 16.1. The third-order valence-corrected chi connectivity index (χ3v) is 5.37. The van der Waals surface area contributed by atoms with Gasteiger partial charge in [-0.2, -0.15) is 0 Å². The van der Waals surface area contributed by atoms with Crippen molar-refractivity contribution in [2.45, 2.75) is 46.1 Å². The lowest BCUT2D eigenvalue weighted by molar-refractivity contribution is -0.122.